The van der Waals surface area contributed by atoms with Crippen LogP contribution in [0.1, 0.15) is 44.0 Å². The summed E-state index contributed by atoms with van der Waals surface area (Å²) in [5.74, 6) is -1.25. The minimum absolute atomic E-state index is 0.373. The lowest BCUT2D eigenvalue weighted by Gasteiger charge is -2.14. The van der Waals surface area contributed by atoms with Crippen molar-refractivity contribution < 1.29 is 9.90 Å². The van der Waals surface area contributed by atoms with E-state index in [1.165, 1.54) is 11.1 Å². The average Bonchev–Trinajstić information content (AvgIpc) is 2.62. The smallest absolute Gasteiger partial charge is 0.310 e. The zero-order valence-corrected chi connectivity index (χ0v) is 11.3. The summed E-state index contributed by atoms with van der Waals surface area (Å²) in [7, 11) is 0. The molecule has 2 rings (SSSR count). The molecule has 1 N–H and O–H groups in total. The minimum atomic E-state index is -0.784. The van der Waals surface area contributed by atoms with Crippen molar-refractivity contribution in [3.63, 3.8) is 0 Å². The van der Waals surface area contributed by atoms with Gasteiger partial charge in [-0.15, -0.1) is 0 Å². The molecule has 0 fully saturated rings. The van der Waals surface area contributed by atoms with Crippen molar-refractivity contribution in [2.45, 2.75) is 39.7 Å². The van der Waals surface area contributed by atoms with Gasteiger partial charge in [-0.1, -0.05) is 12.1 Å². The van der Waals surface area contributed by atoms with Gasteiger partial charge in [0.1, 0.15) is 0 Å². The summed E-state index contributed by atoms with van der Waals surface area (Å²) in [6.45, 7) is 8.08. The molecule has 0 aliphatic rings. The third kappa shape index (κ3) is 2.01. The summed E-state index contributed by atoms with van der Waals surface area (Å²) >= 11 is 0. The molecule has 2 aromatic rings. The minimum Gasteiger partial charge on any atom is -0.481 e. The molecular weight excluding hydrogens is 226 g/mol. The number of aryl methyl sites for hydroxylation is 1. The van der Waals surface area contributed by atoms with E-state index in [1.54, 1.807) is 6.92 Å². The third-order valence-corrected chi connectivity index (χ3v) is 3.45. The van der Waals surface area contributed by atoms with Crippen LogP contribution in [0.25, 0.3) is 10.9 Å². The number of carbonyl (C=O) groups is 1. The van der Waals surface area contributed by atoms with E-state index in [0.29, 0.717) is 6.04 Å². The molecule has 0 amide bonds. The highest BCUT2D eigenvalue weighted by Crippen LogP contribution is 2.27. The number of nitrogens with zero attached hydrogens (tertiary/aromatic N) is 1. The molecule has 0 saturated carbocycles. The fourth-order valence-corrected chi connectivity index (χ4v) is 2.47. The fraction of sp³-hybridized carbons (Fsp3) is 0.400. The Morgan fingerprint density at radius 3 is 2.44 bits per heavy atom. The number of hydrogen-bond acceptors (Lipinski definition) is 1. The van der Waals surface area contributed by atoms with Gasteiger partial charge in [-0.25, -0.2) is 0 Å². The number of aromatic nitrogens is 1. The lowest BCUT2D eigenvalue weighted by Crippen LogP contribution is -2.08. The normalized spacial score (nSPS) is 13.2. The highest BCUT2D eigenvalue weighted by molar-refractivity contribution is 5.84. The highest BCUT2D eigenvalue weighted by Gasteiger charge is 2.16. The Morgan fingerprint density at radius 1 is 1.22 bits per heavy atom. The monoisotopic (exact) mass is 245 g/mol. The SMILES string of the molecule is Cc1cc2ccc(C(C)C(=O)O)cc2n1C(C)C. The molecule has 1 aromatic heterocycles. The zero-order chi connectivity index (χ0) is 13.4. The van der Waals surface area contributed by atoms with Crippen LogP contribution in [0.4, 0.5) is 0 Å². The van der Waals surface area contributed by atoms with Gasteiger partial charge in [0.15, 0.2) is 0 Å². The lowest BCUT2D eigenvalue weighted by atomic mass is 10.0. The maximum Gasteiger partial charge on any atom is 0.310 e. The second-order valence-electron chi connectivity index (χ2n) is 5.13. The summed E-state index contributed by atoms with van der Waals surface area (Å²) in [4.78, 5) is 11.1. The van der Waals surface area contributed by atoms with Gasteiger partial charge in [0.25, 0.3) is 0 Å². The van der Waals surface area contributed by atoms with Gasteiger partial charge in [-0.2, -0.15) is 0 Å². The Morgan fingerprint density at radius 2 is 1.89 bits per heavy atom. The molecule has 0 bridgehead atoms. The molecule has 0 aliphatic carbocycles. The first-order valence-corrected chi connectivity index (χ1v) is 6.26. The number of benzene rings is 1. The van der Waals surface area contributed by atoms with E-state index < -0.39 is 11.9 Å². The van der Waals surface area contributed by atoms with Gasteiger partial charge in [0.2, 0.25) is 0 Å². The van der Waals surface area contributed by atoms with Crippen LogP contribution in [0.15, 0.2) is 24.3 Å². The number of carboxylic acid groups (broad SMARTS) is 1. The van der Waals surface area contributed by atoms with Crippen LogP contribution in [-0.2, 0) is 4.79 Å². The Bertz CT molecular complexity index is 596. The first kappa shape index (κ1) is 12.7. The van der Waals surface area contributed by atoms with E-state index in [-0.39, 0.29) is 0 Å². The van der Waals surface area contributed by atoms with Crippen LogP contribution < -0.4 is 0 Å². The summed E-state index contributed by atoms with van der Waals surface area (Å²) in [5, 5.41) is 10.3. The molecule has 1 heterocycles. The van der Waals surface area contributed by atoms with Gasteiger partial charge in [-0.05, 0) is 50.8 Å². The van der Waals surface area contributed by atoms with Gasteiger partial charge >= 0.3 is 5.97 Å². The second kappa shape index (κ2) is 4.48. The zero-order valence-electron chi connectivity index (χ0n) is 11.3. The van der Waals surface area contributed by atoms with E-state index in [0.717, 1.165) is 11.1 Å². The number of rotatable bonds is 3. The standard InChI is InChI=1S/C15H19NO2/c1-9(2)16-10(3)7-13-6-5-12(8-14(13)16)11(4)15(17)18/h5-9,11H,1-4H3,(H,17,18). The van der Waals surface area contributed by atoms with Gasteiger partial charge in [0.05, 0.1) is 5.92 Å². The van der Waals surface area contributed by atoms with Crippen LogP contribution in [0.2, 0.25) is 0 Å². The van der Waals surface area contributed by atoms with E-state index >= 15 is 0 Å². The van der Waals surface area contributed by atoms with Crippen molar-refractivity contribution in [2.24, 2.45) is 0 Å². The van der Waals surface area contributed by atoms with Crippen LogP contribution in [0.3, 0.4) is 0 Å². The van der Waals surface area contributed by atoms with Crippen molar-refractivity contribution >= 4 is 16.9 Å². The van der Waals surface area contributed by atoms with Crippen molar-refractivity contribution in [1.82, 2.24) is 4.57 Å². The first-order chi connectivity index (χ1) is 8.41. The van der Waals surface area contributed by atoms with Crippen LogP contribution in [0, 0.1) is 6.92 Å². The summed E-state index contributed by atoms with van der Waals surface area (Å²) < 4.78 is 2.24. The lowest BCUT2D eigenvalue weighted by molar-refractivity contribution is -0.138. The van der Waals surface area contributed by atoms with Crippen LogP contribution in [0.5, 0.6) is 0 Å². The maximum absolute atomic E-state index is 11.1. The molecule has 96 valence electrons. The molecule has 0 spiro atoms. The fourth-order valence-electron chi connectivity index (χ4n) is 2.47. The number of fused-ring (bicyclic) bond motifs is 1. The Balaban J connectivity index is 2.62. The van der Waals surface area contributed by atoms with E-state index in [2.05, 4.69) is 31.4 Å². The molecule has 0 aliphatic heterocycles. The predicted molar refractivity (Wildman–Crippen MR) is 73.1 cm³/mol. The molecule has 0 saturated heterocycles. The molecule has 1 unspecified atom stereocenters. The summed E-state index contributed by atoms with van der Waals surface area (Å²) in [6.07, 6.45) is 0. The third-order valence-electron chi connectivity index (χ3n) is 3.45. The number of hydrogen-bond donors (Lipinski definition) is 1. The first-order valence-electron chi connectivity index (χ1n) is 6.26. The topological polar surface area (TPSA) is 42.2 Å². The summed E-state index contributed by atoms with van der Waals surface area (Å²) in [6, 6.07) is 8.44. The summed E-state index contributed by atoms with van der Waals surface area (Å²) in [5.41, 5.74) is 3.18. The van der Waals surface area contributed by atoms with Crippen molar-refractivity contribution in [3.8, 4) is 0 Å². The van der Waals surface area contributed by atoms with Gasteiger partial charge in [0, 0.05) is 17.3 Å². The molecule has 0 radical (unpaired) electrons. The molecule has 18 heavy (non-hydrogen) atoms. The van der Waals surface area contributed by atoms with Crippen molar-refractivity contribution in [1.29, 1.82) is 0 Å². The van der Waals surface area contributed by atoms with Crippen LogP contribution >= 0.6 is 0 Å². The molecular formula is C15H19NO2. The Labute approximate surface area is 107 Å². The van der Waals surface area contributed by atoms with Gasteiger partial charge < -0.3 is 9.67 Å². The van der Waals surface area contributed by atoms with E-state index in [9.17, 15) is 4.79 Å². The molecule has 3 nitrogen and oxygen atoms in total. The molecule has 1 atom stereocenters. The quantitative estimate of drug-likeness (QED) is 0.895. The predicted octanol–water partition coefficient (Wildman–Crippen LogP) is 3.72. The average molecular weight is 245 g/mol. The Hall–Kier alpha value is -1.77. The molecule has 3 heteroatoms. The second-order valence-corrected chi connectivity index (χ2v) is 5.13. The van der Waals surface area contributed by atoms with Crippen molar-refractivity contribution in [3.05, 3.63) is 35.5 Å². The van der Waals surface area contributed by atoms with E-state index in [4.69, 9.17) is 5.11 Å². The van der Waals surface area contributed by atoms with Gasteiger partial charge in [-0.3, -0.25) is 4.79 Å². The number of carboxylic acids is 1. The Kier molecular flexibility index (Phi) is 3.16. The van der Waals surface area contributed by atoms with Crippen LogP contribution in [-0.4, -0.2) is 15.6 Å². The molecule has 1 aromatic carbocycles. The van der Waals surface area contributed by atoms with Crippen molar-refractivity contribution in [2.75, 3.05) is 0 Å². The maximum atomic E-state index is 11.1. The highest BCUT2D eigenvalue weighted by atomic mass is 16.4. The number of aliphatic carboxylic acids is 1. The van der Waals surface area contributed by atoms with E-state index in [1.807, 2.05) is 18.2 Å². The largest absolute Gasteiger partial charge is 0.481 e.